The third-order valence-corrected chi connectivity index (χ3v) is 6.57. The Morgan fingerprint density at radius 1 is 1.28 bits per heavy atom. The van der Waals surface area contributed by atoms with Crippen molar-refractivity contribution in [2.75, 3.05) is 13.2 Å². The summed E-state index contributed by atoms with van der Waals surface area (Å²) in [6, 6.07) is 10.1. The van der Waals surface area contributed by atoms with Crippen LogP contribution in [-0.2, 0) is 20.7 Å². The van der Waals surface area contributed by atoms with Crippen LogP contribution in [0.2, 0.25) is 0 Å². The van der Waals surface area contributed by atoms with Gasteiger partial charge >= 0.3 is 5.97 Å². The van der Waals surface area contributed by atoms with Gasteiger partial charge in [-0.1, -0.05) is 24.3 Å². The number of Topliss-reactive ketones (excluding diaryl/α,β-unsaturated/α-hetero) is 1. The quantitative estimate of drug-likeness (QED) is 0.620. The summed E-state index contributed by atoms with van der Waals surface area (Å²) in [6.45, 7) is 0.650. The van der Waals surface area contributed by atoms with Gasteiger partial charge < -0.3 is 20.5 Å². The van der Waals surface area contributed by atoms with Crippen LogP contribution in [0.15, 0.2) is 54.2 Å². The second-order valence-electron chi connectivity index (χ2n) is 7.70. The van der Waals surface area contributed by atoms with Crippen molar-refractivity contribution in [2.45, 2.75) is 31.0 Å². The molecular weight excluding hydrogens is 430 g/mol. The van der Waals surface area contributed by atoms with Gasteiger partial charge in [0, 0.05) is 34.4 Å². The molecule has 2 fully saturated rings. The van der Waals surface area contributed by atoms with Crippen LogP contribution >= 0.6 is 11.3 Å². The minimum atomic E-state index is -0.854. The lowest BCUT2D eigenvalue weighted by Gasteiger charge is -2.25. The van der Waals surface area contributed by atoms with Crippen LogP contribution in [0.5, 0.6) is 0 Å². The van der Waals surface area contributed by atoms with Crippen molar-refractivity contribution < 1.29 is 24.2 Å². The molecule has 4 heterocycles. The van der Waals surface area contributed by atoms with Crippen molar-refractivity contribution in [3.05, 3.63) is 65.3 Å². The van der Waals surface area contributed by atoms with E-state index in [-0.39, 0.29) is 24.4 Å². The van der Waals surface area contributed by atoms with Gasteiger partial charge in [0.15, 0.2) is 5.78 Å². The Kier molecular flexibility index (Phi) is 6.59. The molecule has 0 bridgehead atoms. The Morgan fingerprint density at radius 2 is 2.09 bits per heavy atom. The number of carbonyl (C=O) groups excluding carboxylic acids is 2. The first kappa shape index (κ1) is 22.1. The van der Waals surface area contributed by atoms with E-state index in [0.717, 1.165) is 15.6 Å². The molecule has 3 unspecified atom stereocenters. The van der Waals surface area contributed by atoms with Gasteiger partial charge in [-0.3, -0.25) is 14.6 Å². The van der Waals surface area contributed by atoms with E-state index in [2.05, 4.69) is 4.98 Å². The second-order valence-corrected chi connectivity index (χ2v) is 8.61. The Bertz CT molecular complexity index is 1130. The molecular formula is C23H23N3O5S. The fourth-order valence-corrected chi connectivity index (χ4v) is 4.99. The lowest BCUT2D eigenvalue weighted by molar-refractivity contribution is -0.137. The molecule has 166 valence electrons. The highest BCUT2D eigenvalue weighted by Gasteiger charge is 2.47. The number of pyridine rings is 1. The van der Waals surface area contributed by atoms with Crippen LogP contribution in [0.25, 0.3) is 10.1 Å². The average Bonchev–Trinajstić information content (AvgIpc) is 3.50. The molecule has 1 amide bonds. The van der Waals surface area contributed by atoms with Crippen molar-refractivity contribution in [1.82, 2.24) is 9.88 Å². The van der Waals surface area contributed by atoms with Crippen molar-refractivity contribution in [1.29, 1.82) is 0 Å². The van der Waals surface area contributed by atoms with Gasteiger partial charge in [-0.05, 0) is 30.5 Å². The predicted molar refractivity (Wildman–Crippen MR) is 120 cm³/mol. The number of nitrogens with two attached hydrogens (primary N) is 1. The summed E-state index contributed by atoms with van der Waals surface area (Å²) in [5, 5.41) is 11.3. The number of nitrogens with zero attached hydrogens (tertiary/aromatic N) is 2. The Balaban J connectivity index is 0.000000174. The molecule has 3 N–H and O–H groups in total. The molecule has 5 rings (SSSR count). The molecule has 2 saturated heterocycles. The fraction of sp³-hybridized carbons (Fsp3) is 0.304. The lowest BCUT2D eigenvalue weighted by atomic mass is 10.1. The summed E-state index contributed by atoms with van der Waals surface area (Å²) in [5.41, 5.74) is 7.30. The van der Waals surface area contributed by atoms with Crippen molar-refractivity contribution >= 4 is 39.1 Å². The third kappa shape index (κ3) is 4.55. The van der Waals surface area contributed by atoms with Crippen molar-refractivity contribution in [2.24, 2.45) is 5.73 Å². The summed E-state index contributed by atoms with van der Waals surface area (Å²) in [5.74, 6) is -1.05. The maximum absolute atomic E-state index is 12.4. The number of hydrogen-bond acceptors (Lipinski definition) is 7. The number of carbonyl (C=O) groups is 3. The summed E-state index contributed by atoms with van der Waals surface area (Å²) >= 11 is 1.46. The normalized spacial score (nSPS) is 20.5. The first-order valence-electron chi connectivity index (χ1n) is 10.2. The van der Waals surface area contributed by atoms with Crippen LogP contribution in [0.1, 0.15) is 22.3 Å². The Morgan fingerprint density at radius 3 is 2.84 bits per heavy atom. The molecule has 32 heavy (non-hydrogen) atoms. The number of likely N-dealkylation sites (tertiary alicyclic amines) is 1. The lowest BCUT2D eigenvalue weighted by Crippen LogP contribution is -2.50. The molecule has 2 aliphatic rings. The molecule has 0 spiro atoms. The first-order chi connectivity index (χ1) is 15.5. The summed E-state index contributed by atoms with van der Waals surface area (Å²) in [4.78, 5) is 40.5. The van der Waals surface area contributed by atoms with Crippen LogP contribution in [0, 0.1) is 0 Å². The van der Waals surface area contributed by atoms with E-state index in [1.165, 1.54) is 11.3 Å². The molecule has 3 aromatic rings. The first-order valence-corrected chi connectivity index (χ1v) is 11.1. The highest BCUT2D eigenvalue weighted by Crippen LogP contribution is 2.27. The smallest absolute Gasteiger partial charge is 0.337 e. The van der Waals surface area contributed by atoms with E-state index in [4.69, 9.17) is 15.6 Å². The van der Waals surface area contributed by atoms with Gasteiger partial charge in [0.2, 0.25) is 5.91 Å². The average molecular weight is 454 g/mol. The van der Waals surface area contributed by atoms with E-state index < -0.39 is 18.1 Å². The number of fused-ring (bicyclic) bond motifs is 2. The molecule has 9 heteroatoms. The number of benzene rings is 1. The fourth-order valence-electron chi connectivity index (χ4n) is 4.06. The number of carboxylic acid groups (broad SMARTS) is 1. The van der Waals surface area contributed by atoms with Gasteiger partial charge in [0.05, 0.1) is 17.7 Å². The summed E-state index contributed by atoms with van der Waals surface area (Å²) in [7, 11) is 0. The minimum absolute atomic E-state index is 0.0190. The third-order valence-electron chi connectivity index (χ3n) is 5.60. The summed E-state index contributed by atoms with van der Waals surface area (Å²) < 4.78 is 6.40. The maximum Gasteiger partial charge on any atom is 0.337 e. The number of ketones is 1. The van der Waals surface area contributed by atoms with E-state index in [1.54, 1.807) is 22.7 Å². The number of aromatic carboxylic acids is 1. The van der Waals surface area contributed by atoms with Gasteiger partial charge in [-0.25, -0.2) is 4.79 Å². The second kappa shape index (κ2) is 9.56. The van der Waals surface area contributed by atoms with E-state index in [9.17, 15) is 14.4 Å². The number of hydrogen-bond donors (Lipinski definition) is 2. The molecule has 3 atom stereocenters. The molecule has 2 aromatic heterocycles. The van der Waals surface area contributed by atoms with Gasteiger partial charge in [0.25, 0.3) is 0 Å². The topological polar surface area (TPSA) is 123 Å². The molecule has 2 aliphatic heterocycles. The predicted octanol–water partition coefficient (Wildman–Crippen LogP) is 2.12. The standard InChI is InChI=1S/C14H17N3O3.C9H6O2S/c15-10(6-9-2-1-4-16-7-9)14(19)17-5-3-12-13(17)11(18)8-20-12;10-9(11)7-5-12-8-4-2-1-3-6(7)8/h1-2,4,7,10,12-13H,3,5-6,8,15H2;1-5H,(H,10,11). The van der Waals surface area contributed by atoms with Crippen LogP contribution in [0.4, 0.5) is 0 Å². The number of aromatic nitrogens is 1. The van der Waals surface area contributed by atoms with Crippen LogP contribution < -0.4 is 5.73 Å². The molecule has 8 nitrogen and oxygen atoms in total. The molecule has 1 aromatic carbocycles. The van der Waals surface area contributed by atoms with E-state index >= 15 is 0 Å². The zero-order valence-electron chi connectivity index (χ0n) is 17.2. The summed E-state index contributed by atoms with van der Waals surface area (Å²) in [6.07, 6.45) is 4.37. The Hall–Kier alpha value is -3.14. The SMILES string of the molecule is NC(Cc1cccnc1)C(=O)N1CCC2OCC(=O)C21.O=C(O)c1csc2ccccc12. The van der Waals surface area contributed by atoms with Gasteiger partial charge in [-0.15, -0.1) is 11.3 Å². The highest BCUT2D eigenvalue weighted by atomic mass is 32.1. The number of carboxylic acids is 1. The molecule has 0 aliphatic carbocycles. The maximum atomic E-state index is 12.4. The van der Waals surface area contributed by atoms with E-state index in [0.29, 0.717) is 24.9 Å². The van der Waals surface area contributed by atoms with Gasteiger partial charge in [0.1, 0.15) is 12.6 Å². The zero-order chi connectivity index (χ0) is 22.7. The minimum Gasteiger partial charge on any atom is -0.478 e. The van der Waals surface area contributed by atoms with Crippen molar-refractivity contribution in [3.8, 4) is 0 Å². The molecule has 0 saturated carbocycles. The number of ether oxygens (including phenoxy) is 1. The number of rotatable bonds is 4. The monoisotopic (exact) mass is 453 g/mol. The molecule has 0 radical (unpaired) electrons. The Labute approximate surface area is 188 Å². The van der Waals surface area contributed by atoms with Crippen LogP contribution in [-0.4, -0.2) is 64.0 Å². The highest BCUT2D eigenvalue weighted by molar-refractivity contribution is 7.17. The van der Waals surface area contributed by atoms with Crippen molar-refractivity contribution in [3.63, 3.8) is 0 Å². The zero-order valence-corrected chi connectivity index (χ0v) is 18.0. The van der Waals surface area contributed by atoms with Gasteiger partial charge in [-0.2, -0.15) is 0 Å². The number of thiophene rings is 1. The largest absolute Gasteiger partial charge is 0.478 e. The van der Waals surface area contributed by atoms with E-state index in [1.807, 2.05) is 36.4 Å². The number of amides is 1. The van der Waals surface area contributed by atoms with Crippen LogP contribution in [0.3, 0.4) is 0 Å².